The number of amides is 2. The molecular weight excluding hydrogens is 530 g/mol. The molecular formula is C30H35N3O6S. The molecule has 0 spiro atoms. The van der Waals surface area contributed by atoms with Crippen LogP contribution in [0.4, 0.5) is 5.69 Å². The number of nitrogens with one attached hydrogen (secondary N) is 1. The van der Waals surface area contributed by atoms with Crippen molar-refractivity contribution in [3.63, 3.8) is 0 Å². The molecule has 1 heterocycles. The Bertz CT molecular complexity index is 1430. The smallest absolute Gasteiger partial charge is 0.258 e. The summed E-state index contributed by atoms with van der Waals surface area (Å²) in [5.41, 5.74) is 1.52. The van der Waals surface area contributed by atoms with Gasteiger partial charge >= 0.3 is 0 Å². The van der Waals surface area contributed by atoms with Gasteiger partial charge in [0.1, 0.15) is 11.9 Å². The summed E-state index contributed by atoms with van der Waals surface area (Å²) < 4.78 is 34.0. The van der Waals surface area contributed by atoms with Gasteiger partial charge in [-0.1, -0.05) is 55.5 Å². The number of nitrogens with zero attached hydrogens (tertiary/aromatic N) is 2. The number of rotatable bonds is 9. The van der Waals surface area contributed by atoms with E-state index < -0.39 is 22.2 Å². The van der Waals surface area contributed by atoms with Crippen LogP contribution in [0.25, 0.3) is 0 Å². The first-order valence-electron chi connectivity index (χ1n) is 13.2. The summed E-state index contributed by atoms with van der Waals surface area (Å²) in [5.74, 6) is -0.551. The monoisotopic (exact) mass is 565 g/mol. The molecule has 0 aliphatic carbocycles. The molecule has 9 nitrogen and oxygen atoms in total. The zero-order valence-corrected chi connectivity index (χ0v) is 23.7. The van der Waals surface area contributed by atoms with Crippen molar-refractivity contribution in [3.05, 3.63) is 90.0 Å². The van der Waals surface area contributed by atoms with Crippen LogP contribution in [0.3, 0.4) is 0 Å². The van der Waals surface area contributed by atoms with E-state index in [4.69, 9.17) is 4.74 Å². The standard InChI is InChI=1S/C30H35N3O6S/c1-21-18-33(22(2)20-34)30(36)26-17-24(31-29(35)16-23-10-6-4-7-11-23)14-15-27(26)39-28(21)19-32(3)40(37,38)25-12-8-5-9-13-25/h4-15,17,21-22,28,34H,16,18-20H2,1-3H3,(H,31,35)/t21-,22-,28+/m0/s1. The van der Waals surface area contributed by atoms with Gasteiger partial charge in [-0.3, -0.25) is 9.59 Å². The molecule has 0 saturated carbocycles. The van der Waals surface area contributed by atoms with Gasteiger partial charge in [-0.25, -0.2) is 8.42 Å². The Hall–Kier alpha value is -3.73. The SMILES string of the molecule is C[C@H]1CN([C@@H](C)CO)C(=O)c2cc(NC(=O)Cc3ccccc3)ccc2O[C@@H]1CN(C)S(=O)(=O)c1ccccc1. The number of sulfonamides is 1. The average molecular weight is 566 g/mol. The fourth-order valence-electron chi connectivity index (χ4n) is 4.63. The van der Waals surface area contributed by atoms with Gasteiger partial charge in [-0.2, -0.15) is 4.31 Å². The molecule has 0 fully saturated rings. The van der Waals surface area contributed by atoms with Crippen molar-refractivity contribution in [1.82, 2.24) is 9.21 Å². The average Bonchev–Trinajstić information content (AvgIpc) is 2.95. The maximum atomic E-state index is 13.7. The van der Waals surface area contributed by atoms with E-state index in [0.29, 0.717) is 5.69 Å². The first-order chi connectivity index (χ1) is 19.1. The van der Waals surface area contributed by atoms with Crippen molar-refractivity contribution >= 4 is 27.5 Å². The maximum Gasteiger partial charge on any atom is 0.258 e. The predicted molar refractivity (Wildman–Crippen MR) is 153 cm³/mol. The molecule has 0 aromatic heterocycles. The van der Waals surface area contributed by atoms with Crippen LogP contribution in [0.2, 0.25) is 0 Å². The van der Waals surface area contributed by atoms with Crippen LogP contribution in [-0.2, 0) is 21.2 Å². The summed E-state index contributed by atoms with van der Waals surface area (Å²) in [7, 11) is -2.26. The Morgan fingerprint density at radius 3 is 2.40 bits per heavy atom. The lowest BCUT2D eigenvalue weighted by Gasteiger charge is -2.38. The van der Waals surface area contributed by atoms with Crippen LogP contribution in [0, 0.1) is 5.92 Å². The fraction of sp³-hybridized carbons (Fsp3) is 0.333. The number of ether oxygens (including phenoxy) is 1. The van der Waals surface area contributed by atoms with Crippen molar-refractivity contribution in [2.24, 2.45) is 5.92 Å². The number of hydrogen-bond donors (Lipinski definition) is 2. The molecule has 40 heavy (non-hydrogen) atoms. The molecule has 0 bridgehead atoms. The largest absolute Gasteiger partial charge is 0.488 e. The van der Waals surface area contributed by atoms with Crippen molar-refractivity contribution in [1.29, 1.82) is 0 Å². The van der Waals surface area contributed by atoms with Crippen LogP contribution in [0.1, 0.15) is 29.8 Å². The highest BCUT2D eigenvalue weighted by Crippen LogP contribution is 2.31. The molecule has 4 rings (SSSR count). The van der Waals surface area contributed by atoms with Gasteiger partial charge < -0.3 is 20.1 Å². The summed E-state index contributed by atoms with van der Waals surface area (Å²) in [6.45, 7) is 3.69. The van der Waals surface area contributed by atoms with Gasteiger partial charge in [0.05, 0.1) is 36.1 Å². The second kappa shape index (κ2) is 12.6. The van der Waals surface area contributed by atoms with Crippen LogP contribution in [0.15, 0.2) is 83.8 Å². The highest BCUT2D eigenvalue weighted by atomic mass is 32.2. The number of carbonyl (C=O) groups is 2. The van der Waals surface area contributed by atoms with E-state index in [1.165, 1.54) is 11.4 Å². The molecule has 1 aliphatic rings. The number of hydrogen-bond acceptors (Lipinski definition) is 6. The highest BCUT2D eigenvalue weighted by Gasteiger charge is 2.35. The number of carbonyl (C=O) groups excluding carboxylic acids is 2. The molecule has 1 aliphatic heterocycles. The molecule has 3 aromatic rings. The maximum absolute atomic E-state index is 13.7. The number of likely N-dealkylation sites (N-methyl/N-ethyl adjacent to an activating group) is 1. The first kappa shape index (κ1) is 29.3. The quantitative estimate of drug-likeness (QED) is 0.411. The van der Waals surface area contributed by atoms with E-state index in [9.17, 15) is 23.1 Å². The molecule has 10 heteroatoms. The summed E-state index contributed by atoms with van der Waals surface area (Å²) in [6.07, 6.45) is -0.417. The molecule has 3 aromatic carbocycles. The van der Waals surface area contributed by atoms with E-state index in [0.717, 1.165) is 5.56 Å². The van der Waals surface area contributed by atoms with Gasteiger partial charge in [-0.15, -0.1) is 0 Å². The second-order valence-electron chi connectivity index (χ2n) is 10.1. The fourth-order valence-corrected chi connectivity index (χ4v) is 5.83. The third-order valence-corrected chi connectivity index (χ3v) is 8.88. The number of aliphatic hydroxyl groups is 1. The molecule has 2 amide bonds. The molecule has 0 radical (unpaired) electrons. The van der Waals surface area contributed by atoms with Gasteiger partial charge in [0, 0.05) is 25.2 Å². The molecule has 212 valence electrons. The number of aliphatic hydroxyl groups excluding tert-OH is 1. The zero-order valence-electron chi connectivity index (χ0n) is 22.9. The Kier molecular flexibility index (Phi) is 9.24. The topological polar surface area (TPSA) is 116 Å². The van der Waals surface area contributed by atoms with Crippen LogP contribution in [-0.4, -0.2) is 73.4 Å². The summed E-state index contributed by atoms with van der Waals surface area (Å²) >= 11 is 0. The van der Waals surface area contributed by atoms with E-state index in [1.54, 1.807) is 60.4 Å². The first-order valence-corrected chi connectivity index (χ1v) is 14.6. The zero-order chi connectivity index (χ0) is 28.9. The van der Waals surface area contributed by atoms with Crippen molar-refractivity contribution in [3.8, 4) is 5.75 Å². The lowest BCUT2D eigenvalue weighted by Crippen LogP contribution is -2.50. The Morgan fingerprint density at radius 1 is 1.10 bits per heavy atom. The van der Waals surface area contributed by atoms with Gasteiger partial charge in [0.15, 0.2) is 0 Å². The predicted octanol–water partition coefficient (Wildman–Crippen LogP) is 3.41. The molecule has 3 atom stereocenters. The van der Waals surface area contributed by atoms with Crippen LogP contribution >= 0.6 is 0 Å². The second-order valence-corrected chi connectivity index (χ2v) is 12.2. The molecule has 0 unspecified atom stereocenters. The summed E-state index contributed by atoms with van der Waals surface area (Å²) in [5, 5.41) is 12.7. The highest BCUT2D eigenvalue weighted by molar-refractivity contribution is 7.89. The minimum absolute atomic E-state index is 0.0446. The Balaban J connectivity index is 1.62. The van der Waals surface area contributed by atoms with Gasteiger partial charge in [0.25, 0.3) is 5.91 Å². The molecule has 2 N–H and O–H groups in total. The molecule has 0 saturated heterocycles. The lowest BCUT2D eigenvalue weighted by molar-refractivity contribution is -0.115. The van der Waals surface area contributed by atoms with Gasteiger partial charge in [0.2, 0.25) is 15.9 Å². The van der Waals surface area contributed by atoms with Crippen LogP contribution in [0.5, 0.6) is 5.75 Å². The van der Waals surface area contributed by atoms with Crippen molar-refractivity contribution in [2.45, 2.75) is 37.3 Å². The van der Waals surface area contributed by atoms with E-state index in [2.05, 4.69) is 5.32 Å². The van der Waals surface area contributed by atoms with Crippen LogP contribution < -0.4 is 10.1 Å². The Labute approximate surface area is 235 Å². The minimum Gasteiger partial charge on any atom is -0.488 e. The summed E-state index contributed by atoms with van der Waals surface area (Å²) in [6, 6.07) is 21.9. The van der Waals surface area contributed by atoms with E-state index >= 15 is 0 Å². The lowest BCUT2D eigenvalue weighted by atomic mass is 9.99. The number of benzene rings is 3. The third kappa shape index (κ3) is 6.70. The third-order valence-electron chi connectivity index (χ3n) is 7.04. The van der Waals surface area contributed by atoms with E-state index in [-0.39, 0.29) is 60.1 Å². The van der Waals surface area contributed by atoms with Gasteiger partial charge in [-0.05, 0) is 42.8 Å². The van der Waals surface area contributed by atoms with Crippen molar-refractivity contribution < 1.29 is 27.9 Å². The number of fused-ring (bicyclic) bond motifs is 1. The van der Waals surface area contributed by atoms with Crippen molar-refractivity contribution in [2.75, 3.05) is 32.1 Å². The van der Waals surface area contributed by atoms with E-state index in [1.807, 2.05) is 37.3 Å². The normalized spacial score (nSPS) is 18.3. The number of anilines is 1. The minimum atomic E-state index is -3.77. The Morgan fingerprint density at radius 2 is 1.75 bits per heavy atom. The summed E-state index contributed by atoms with van der Waals surface area (Å²) in [4.78, 5) is 28.1.